The summed E-state index contributed by atoms with van der Waals surface area (Å²) in [7, 11) is 0. The van der Waals surface area contributed by atoms with Crippen LogP contribution in [0, 0.1) is 0 Å². The molecule has 0 radical (unpaired) electrons. The van der Waals surface area contributed by atoms with E-state index in [0.29, 0.717) is 29.4 Å². The molecule has 2 heterocycles. The summed E-state index contributed by atoms with van der Waals surface area (Å²) in [5.41, 5.74) is 11.8. The average Bonchev–Trinajstić information content (AvgIpc) is 2.59. The van der Waals surface area contributed by atoms with Crippen LogP contribution in [0.2, 0.25) is 0 Å². The number of hydrogen-bond acceptors (Lipinski definition) is 5. The van der Waals surface area contributed by atoms with Crippen molar-refractivity contribution in [2.45, 2.75) is 13.0 Å². The van der Waals surface area contributed by atoms with E-state index in [1.807, 2.05) is 0 Å². The normalized spacial score (nSPS) is 10.7. The Morgan fingerprint density at radius 3 is 3.00 bits per heavy atom. The monoisotopic (exact) mass is 222 g/mol. The molecule has 0 saturated carbocycles. The minimum absolute atomic E-state index is 0.432. The van der Waals surface area contributed by atoms with Crippen LogP contribution < -0.4 is 11.5 Å². The van der Waals surface area contributed by atoms with Crippen LogP contribution in [0.25, 0.3) is 11.0 Å². The number of nitrogen functional groups attached to an aromatic ring is 1. The molecule has 0 atom stereocenters. The third-order valence-corrected chi connectivity index (χ3v) is 2.24. The fourth-order valence-corrected chi connectivity index (χ4v) is 1.38. The van der Waals surface area contributed by atoms with E-state index in [1.165, 1.54) is 6.33 Å². The van der Waals surface area contributed by atoms with Gasteiger partial charge in [0, 0.05) is 13.0 Å². The molecule has 0 aliphatic heterocycles. The zero-order valence-electron chi connectivity index (χ0n) is 7.92. The number of hydrogen-bond donors (Lipinski definition) is 2. The highest BCUT2D eigenvalue weighted by Gasteiger charge is 2.06. The minimum Gasteiger partial charge on any atom is -0.393 e. The molecular weight excluding hydrogens is 212 g/mol. The molecule has 2 rings (SSSR count). The topological polar surface area (TPSA) is 95.6 Å². The number of thiocarbonyl (C=S) groups is 1. The first kappa shape index (κ1) is 9.78. The molecule has 2 aromatic rings. The first-order valence-electron chi connectivity index (χ1n) is 4.39. The molecular formula is C8H10N6S. The van der Waals surface area contributed by atoms with Crippen LogP contribution in [0.5, 0.6) is 0 Å². The van der Waals surface area contributed by atoms with Gasteiger partial charge in [-0.05, 0) is 0 Å². The molecule has 15 heavy (non-hydrogen) atoms. The second kappa shape index (κ2) is 3.77. The molecule has 0 bridgehead atoms. The van der Waals surface area contributed by atoms with Crippen molar-refractivity contribution < 1.29 is 0 Å². The zero-order valence-corrected chi connectivity index (χ0v) is 8.74. The smallest absolute Gasteiger partial charge is 0.163 e. The van der Waals surface area contributed by atoms with Crippen molar-refractivity contribution in [1.82, 2.24) is 19.7 Å². The summed E-state index contributed by atoms with van der Waals surface area (Å²) >= 11 is 4.80. The zero-order chi connectivity index (χ0) is 10.8. The van der Waals surface area contributed by atoms with Gasteiger partial charge < -0.3 is 11.5 Å². The number of nitrogens with two attached hydrogens (primary N) is 2. The third-order valence-electron chi connectivity index (χ3n) is 2.03. The molecule has 0 amide bonds. The summed E-state index contributed by atoms with van der Waals surface area (Å²) in [5, 5.41) is 4.90. The number of rotatable bonds is 3. The highest BCUT2D eigenvalue weighted by molar-refractivity contribution is 7.80. The van der Waals surface area contributed by atoms with Crippen molar-refractivity contribution in [3.63, 3.8) is 0 Å². The second-order valence-corrected chi connectivity index (χ2v) is 3.60. The Bertz CT molecular complexity index is 505. The van der Waals surface area contributed by atoms with Crippen LogP contribution in [-0.4, -0.2) is 24.7 Å². The lowest BCUT2D eigenvalue weighted by Crippen LogP contribution is -2.12. The fraction of sp³-hybridized carbons (Fsp3) is 0.250. The van der Waals surface area contributed by atoms with Crippen molar-refractivity contribution in [3.05, 3.63) is 12.5 Å². The highest BCUT2D eigenvalue weighted by atomic mass is 32.1. The lowest BCUT2D eigenvalue weighted by molar-refractivity contribution is 0.651. The number of nitrogens with zero attached hydrogens (tertiary/aromatic N) is 4. The maximum Gasteiger partial charge on any atom is 0.163 e. The predicted molar refractivity (Wildman–Crippen MR) is 61.1 cm³/mol. The van der Waals surface area contributed by atoms with Crippen molar-refractivity contribution in [1.29, 1.82) is 0 Å². The molecule has 0 fully saturated rings. The SMILES string of the molecule is NC(=S)CCn1ncc2c(N)ncnc21. The van der Waals surface area contributed by atoms with Gasteiger partial charge in [-0.3, -0.25) is 0 Å². The first-order valence-corrected chi connectivity index (χ1v) is 4.79. The van der Waals surface area contributed by atoms with Gasteiger partial charge >= 0.3 is 0 Å². The van der Waals surface area contributed by atoms with Gasteiger partial charge in [-0.15, -0.1) is 0 Å². The number of aryl methyl sites for hydroxylation is 1. The molecule has 78 valence electrons. The van der Waals surface area contributed by atoms with Gasteiger partial charge in [0.25, 0.3) is 0 Å². The maximum atomic E-state index is 5.67. The molecule has 4 N–H and O–H groups in total. The molecule has 0 aliphatic rings. The number of aromatic nitrogens is 4. The Kier molecular flexibility index (Phi) is 2.46. The maximum absolute atomic E-state index is 5.67. The van der Waals surface area contributed by atoms with E-state index in [1.54, 1.807) is 10.9 Å². The van der Waals surface area contributed by atoms with Gasteiger partial charge in [0.2, 0.25) is 0 Å². The Morgan fingerprint density at radius 1 is 1.47 bits per heavy atom. The highest BCUT2D eigenvalue weighted by Crippen LogP contribution is 2.15. The minimum atomic E-state index is 0.432. The van der Waals surface area contributed by atoms with Crippen molar-refractivity contribution in [2.24, 2.45) is 5.73 Å². The lowest BCUT2D eigenvalue weighted by Gasteiger charge is -2.01. The Morgan fingerprint density at radius 2 is 2.27 bits per heavy atom. The van der Waals surface area contributed by atoms with E-state index < -0.39 is 0 Å². The Hall–Kier alpha value is -1.76. The Labute approximate surface area is 91.3 Å². The van der Waals surface area contributed by atoms with E-state index in [2.05, 4.69) is 15.1 Å². The summed E-state index contributed by atoms with van der Waals surface area (Å²) in [6, 6.07) is 0. The van der Waals surface area contributed by atoms with E-state index in [0.717, 1.165) is 5.39 Å². The van der Waals surface area contributed by atoms with Gasteiger partial charge in [-0.1, -0.05) is 12.2 Å². The molecule has 2 aromatic heterocycles. The van der Waals surface area contributed by atoms with Crippen LogP contribution in [0.15, 0.2) is 12.5 Å². The van der Waals surface area contributed by atoms with Crippen LogP contribution in [0.1, 0.15) is 6.42 Å². The largest absolute Gasteiger partial charge is 0.393 e. The predicted octanol–water partition coefficient (Wildman–Crippen LogP) is 0.0847. The van der Waals surface area contributed by atoms with E-state index >= 15 is 0 Å². The summed E-state index contributed by atoms with van der Waals surface area (Å²) in [5.74, 6) is 0.432. The van der Waals surface area contributed by atoms with Crippen molar-refractivity contribution >= 4 is 34.1 Å². The van der Waals surface area contributed by atoms with E-state index in [9.17, 15) is 0 Å². The third kappa shape index (κ3) is 1.86. The van der Waals surface area contributed by atoms with Crippen LogP contribution in [0.3, 0.4) is 0 Å². The summed E-state index contributed by atoms with van der Waals surface area (Å²) < 4.78 is 1.71. The second-order valence-electron chi connectivity index (χ2n) is 3.08. The average molecular weight is 222 g/mol. The van der Waals surface area contributed by atoms with Crippen LogP contribution in [0.4, 0.5) is 5.82 Å². The van der Waals surface area contributed by atoms with Crippen LogP contribution >= 0.6 is 12.2 Å². The van der Waals surface area contributed by atoms with Gasteiger partial charge in [0.1, 0.15) is 12.1 Å². The summed E-state index contributed by atoms with van der Waals surface area (Å²) in [4.78, 5) is 8.44. The van der Waals surface area contributed by atoms with Gasteiger partial charge in [0.05, 0.1) is 16.6 Å². The summed E-state index contributed by atoms with van der Waals surface area (Å²) in [6.07, 6.45) is 3.65. The quantitative estimate of drug-likeness (QED) is 0.714. The number of fused-ring (bicyclic) bond motifs is 1. The van der Waals surface area contributed by atoms with E-state index in [-0.39, 0.29) is 0 Å². The van der Waals surface area contributed by atoms with Gasteiger partial charge in [-0.2, -0.15) is 5.10 Å². The molecule has 0 spiro atoms. The standard InChI is InChI=1S/C8H10N6S/c9-6(15)1-2-14-8-5(3-13-14)7(10)11-4-12-8/h3-4H,1-2H2,(H2,9,15)(H2,10,11,12). The van der Waals surface area contributed by atoms with E-state index in [4.69, 9.17) is 23.7 Å². The van der Waals surface area contributed by atoms with Crippen LogP contribution in [-0.2, 0) is 6.54 Å². The van der Waals surface area contributed by atoms with Gasteiger partial charge in [-0.25, -0.2) is 14.6 Å². The fourth-order valence-electron chi connectivity index (χ4n) is 1.29. The molecule has 0 aromatic carbocycles. The lowest BCUT2D eigenvalue weighted by atomic mass is 10.4. The summed E-state index contributed by atoms with van der Waals surface area (Å²) in [6.45, 7) is 0.606. The van der Waals surface area contributed by atoms with Crippen molar-refractivity contribution in [2.75, 3.05) is 5.73 Å². The molecule has 7 heteroatoms. The Balaban J connectivity index is 2.37. The molecule has 6 nitrogen and oxygen atoms in total. The molecule has 0 unspecified atom stereocenters. The van der Waals surface area contributed by atoms with Crippen molar-refractivity contribution in [3.8, 4) is 0 Å². The number of anilines is 1. The molecule has 0 aliphatic carbocycles. The molecule has 0 saturated heterocycles. The van der Waals surface area contributed by atoms with Gasteiger partial charge in [0.15, 0.2) is 5.65 Å². The first-order chi connectivity index (χ1) is 7.18.